The summed E-state index contributed by atoms with van der Waals surface area (Å²) in [5.41, 5.74) is 3.56. The molecule has 0 unspecified atom stereocenters. The summed E-state index contributed by atoms with van der Waals surface area (Å²) in [4.78, 5) is 11.0. The maximum Gasteiger partial charge on any atom is 0.249 e. The lowest BCUT2D eigenvalue weighted by Crippen LogP contribution is -2.40. The predicted octanol–water partition coefficient (Wildman–Crippen LogP) is 1.53. The van der Waals surface area contributed by atoms with Crippen LogP contribution < -0.4 is 5.73 Å². The van der Waals surface area contributed by atoms with Gasteiger partial charge in [0.15, 0.2) is 0 Å². The summed E-state index contributed by atoms with van der Waals surface area (Å²) >= 11 is 0. The highest BCUT2D eigenvalue weighted by Crippen LogP contribution is 2.28. The molecule has 1 aliphatic rings. The Hall–Kier alpha value is -1.49. The normalized spacial score (nSPS) is 19.6. The van der Waals surface area contributed by atoms with Gasteiger partial charge >= 0.3 is 0 Å². The van der Waals surface area contributed by atoms with Crippen LogP contribution in [0.3, 0.4) is 0 Å². The number of primary amides is 1. The quantitative estimate of drug-likeness (QED) is 0.782. The molecule has 0 aromatic rings. The Morgan fingerprint density at radius 3 is 2.29 bits per heavy atom. The van der Waals surface area contributed by atoms with E-state index in [9.17, 15) is 9.90 Å². The molecule has 1 atom stereocenters. The van der Waals surface area contributed by atoms with E-state index in [1.165, 1.54) is 6.92 Å². The number of hydrogen-bond acceptors (Lipinski definition) is 4. The molecule has 0 radical (unpaired) electrons. The average molecular weight is 241 g/mol. The molecule has 3 N–H and O–H groups in total. The van der Waals surface area contributed by atoms with Crippen molar-refractivity contribution in [3.8, 4) is 0 Å². The highest BCUT2D eigenvalue weighted by molar-refractivity contribution is 5.82. The van der Waals surface area contributed by atoms with Crippen molar-refractivity contribution >= 4 is 5.91 Å². The third-order valence-electron chi connectivity index (χ3n) is 2.84. The Morgan fingerprint density at radius 1 is 1.24 bits per heavy atom. The molecule has 0 spiro atoms. The summed E-state index contributed by atoms with van der Waals surface area (Å²) < 4.78 is 11.0. The zero-order valence-electron chi connectivity index (χ0n) is 10.7. The topological polar surface area (TPSA) is 81.8 Å². The molecule has 5 nitrogen and oxygen atoms in total. The second-order valence-electron chi connectivity index (χ2n) is 4.43. The number of carbonyl (C=O) groups excluding carboxylic acids is 1. The first-order chi connectivity index (χ1) is 7.74. The lowest BCUT2D eigenvalue weighted by molar-refractivity contribution is -0.135. The molecule has 96 valence electrons. The van der Waals surface area contributed by atoms with E-state index in [1.807, 2.05) is 6.92 Å². The number of aliphatic hydroxyl groups is 1. The Labute approximate surface area is 101 Å². The minimum absolute atomic E-state index is 0.199. The summed E-state index contributed by atoms with van der Waals surface area (Å²) in [5.74, 6) is 1.93. The molecule has 1 heterocycles. The minimum Gasteiger partial charge on any atom is -0.460 e. The summed E-state index contributed by atoms with van der Waals surface area (Å²) in [6.07, 6.45) is 0.594. The summed E-state index contributed by atoms with van der Waals surface area (Å²) in [6.45, 7) is 6.79. The zero-order valence-corrected chi connectivity index (χ0v) is 10.7. The Bertz CT molecular complexity index is 393. The van der Waals surface area contributed by atoms with Gasteiger partial charge in [-0.2, -0.15) is 0 Å². The minimum atomic E-state index is -1.53. The molecule has 0 fully saturated rings. The van der Waals surface area contributed by atoms with Gasteiger partial charge in [-0.1, -0.05) is 0 Å². The lowest BCUT2D eigenvalue weighted by atomic mass is 9.98. The van der Waals surface area contributed by atoms with Gasteiger partial charge in [0.1, 0.15) is 28.6 Å². The van der Waals surface area contributed by atoms with E-state index in [2.05, 4.69) is 0 Å². The van der Waals surface area contributed by atoms with Crippen LogP contribution >= 0.6 is 0 Å². The van der Waals surface area contributed by atoms with E-state index in [0.717, 1.165) is 0 Å². The SMILES string of the molecule is CC1=C(C)OC(CC[C@](C)(O)C(N)=O)=C(C)O1. The van der Waals surface area contributed by atoms with E-state index in [-0.39, 0.29) is 6.42 Å². The van der Waals surface area contributed by atoms with Crippen LogP contribution in [0.25, 0.3) is 0 Å². The lowest BCUT2D eigenvalue weighted by Gasteiger charge is -2.24. The van der Waals surface area contributed by atoms with E-state index in [0.29, 0.717) is 29.5 Å². The zero-order chi connectivity index (χ0) is 13.2. The van der Waals surface area contributed by atoms with Crippen LogP contribution in [0.2, 0.25) is 0 Å². The van der Waals surface area contributed by atoms with E-state index in [1.54, 1.807) is 13.8 Å². The van der Waals surface area contributed by atoms with Crippen molar-refractivity contribution in [3.63, 3.8) is 0 Å². The number of ether oxygens (including phenoxy) is 2. The van der Waals surface area contributed by atoms with E-state index >= 15 is 0 Å². The van der Waals surface area contributed by atoms with Crippen molar-refractivity contribution in [2.75, 3.05) is 0 Å². The Kier molecular flexibility index (Phi) is 3.83. The number of carbonyl (C=O) groups is 1. The number of nitrogens with two attached hydrogens (primary N) is 1. The third-order valence-corrected chi connectivity index (χ3v) is 2.84. The van der Waals surface area contributed by atoms with Gasteiger partial charge in [-0.25, -0.2) is 0 Å². The molecule has 0 saturated carbocycles. The van der Waals surface area contributed by atoms with Gasteiger partial charge in [-0.3, -0.25) is 4.79 Å². The van der Waals surface area contributed by atoms with Crippen molar-refractivity contribution in [3.05, 3.63) is 23.0 Å². The maximum absolute atomic E-state index is 11.0. The molecule has 5 heteroatoms. The number of allylic oxidation sites excluding steroid dienone is 4. The molecule has 0 bridgehead atoms. The third kappa shape index (κ3) is 3.23. The van der Waals surface area contributed by atoms with Gasteiger partial charge in [0.25, 0.3) is 0 Å². The second kappa shape index (κ2) is 4.79. The molecule has 0 aliphatic carbocycles. The van der Waals surface area contributed by atoms with Crippen LogP contribution in [0.4, 0.5) is 0 Å². The van der Waals surface area contributed by atoms with Crippen molar-refractivity contribution in [2.24, 2.45) is 5.73 Å². The maximum atomic E-state index is 11.0. The smallest absolute Gasteiger partial charge is 0.249 e. The van der Waals surface area contributed by atoms with Gasteiger partial charge in [-0.15, -0.1) is 0 Å². The molecule has 0 aromatic carbocycles. The van der Waals surface area contributed by atoms with Crippen molar-refractivity contribution < 1.29 is 19.4 Å². The van der Waals surface area contributed by atoms with Crippen molar-refractivity contribution in [1.82, 2.24) is 0 Å². The first kappa shape index (κ1) is 13.6. The number of hydrogen-bond donors (Lipinski definition) is 2. The van der Waals surface area contributed by atoms with Crippen LogP contribution in [0.1, 0.15) is 40.5 Å². The predicted molar refractivity (Wildman–Crippen MR) is 62.3 cm³/mol. The first-order valence-electron chi connectivity index (χ1n) is 5.49. The van der Waals surface area contributed by atoms with Gasteiger partial charge in [0.2, 0.25) is 5.91 Å². The molecule has 17 heavy (non-hydrogen) atoms. The largest absolute Gasteiger partial charge is 0.460 e. The van der Waals surface area contributed by atoms with Crippen LogP contribution in [0.15, 0.2) is 23.0 Å². The van der Waals surface area contributed by atoms with Crippen LogP contribution in [-0.2, 0) is 14.3 Å². The van der Waals surface area contributed by atoms with Gasteiger partial charge in [0.05, 0.1) is 0 Å². The summed E-state index contributed by atoms with van der Waals surface area (Å²) in [6, 6.07) is 0. The van der Waals surface area contributed by atoms with Crippen molar-refractivity contribution in [2.45, 2.75) is 46.1 Å². The van der Waals surface area contributed by atoms with Crippen molar-refractivity contribution in [1.29, 1.82) is 0 Å². The molecule has 1 aliphatic heterocycles. The van der Waals surface area contributed by atoms with Crippen LogP contribution in [0.5, 0.6) is 0 Å². The fourth-order valence-electron chi connectivity index (χ4n) is 1.39. The molecule has 0 aromatic heterocycles. The average Bonchev–Trinajstić information content (AvgIpc) is 2.21. The van der Waals surface area contributed by atoms with E-state index < -0.39 is 11.5 Å². The molecule has 0 saturated heterocycles. The summed E-state index contributed by atoms with van der Waals surface area (Å²) in [7, 11) is 0. The monoisotopic (exact) mass is 241 g/mol. The highest BCUT2D eigenvalue weighted by atomic mass is 16.6. The first-order valence-corrected chi connectivity index (χ1v) is 5.49. The number of rotatable bonds is 4. The fraction of sp³-hybridized carbons (Fsp3) is 0.583. The van der Waals surface area contributed by atoms with Gasteiger partial charge in [0, 0.05) is 6.42 Å². The molecular weight excluding hydrogens is 222 g/mol. The molecule has 1 amide bonds. The fourth-order valence-corrected chi connectivity index (χ4v) is 1.39. The van der Waals surface area contributed by atoms with Gasteiger partial charge < -0.3 is 20.3 Å². The van der Waals surface area contributed by atoms with E-state index in [4.69, 9.17) is 15.2 Å². The number of amides is 1. The van der Waals surface area contributed by atoms with Gasteiger partial charge in [-0.05, 0) is 34.1 Å². The highest BCUT2D eigenvalue weighted by Gasteiger charge is 2.29. The second-order valence-corrected chi connectivity index (χ2v) is 4.43. The molecular formula is C12H19NO4. The summed E-state index contributed by atoms with van der Waals surface area (Å²) in [5, 5.41) is 9.72. The van der Waals surface area contributed by atoms with Crippen LogP contribution in [-0.4, -0.2) is 16.6 Å². The Balaban J connectivity index is 2.65. The van der Waals surface area contributed by atoms with Crippen LogP contribution in [0, 0.1) is 0 Å². The molecule has 1 rings (SSSR count). The Morgan fingerprint density at radius 2 is 1.76 bits per heavy atom. The standard InChI is InChI=1S/C12H19NO4/c1-7-8(2)17-10(9(3)16-7)5-6-12(4,15)11(13)14/h15H,5-6H2,1-4H3,(H2,13,14)/t12-/m0/s1.